The average Bonchev–Trinajstić information content (AvgIpc) is 3.33. The number of carbonyl (C=O) groups is 3. The molecule has 31 heavy (non-hydrogen) atoms. The largest absolute Gasteiger partial charge is 0.324 e. The highest BCUT2D eigenvalue weighted by Gasteiger charge is 2.70. The number of likely N-dealkylation sites (tertiary alicyclic amines) is 1. The summed E-state index contributed by atoms with van der Waals surface area (Å²) in [6, 6.07) is 15.2. The van der Waals surface area contributed by atoms with Gasteiger partial charge in [0.25, 0.3) is 0 Å². The van der Waals surface area contributed by atoms with Crippen molar-refractivity contribution in [2.75, 3.05) is 5.32 Å². The van der Waals surface area contributed by atoms with Gasteiger partial charge in [0.2, 0.25) is 17.7 Å². The number of anilines is 1. The lowest BCUT2D eigenvalue weighted by molar-refractivity contribution is -0.145. The van der Waals surface area contributed by atoms with Crippen LogP contribution in [0, 0.1) is 18.8 Å². The Balaban J connectivity index is 1.66. The van der Waals surface area contributed by atoms with Gasteiger partial charge in [-0.05, 0) is 38.3 Å². The Hall–Kier alpha value is -2.99. The number of amides is 3. The summed E-state index contributed by atoms with van der Waals surface area (Å²) in [7, 11) is 0. The van der Waals surface area contributed by atoms with Crippen molar-refractivity contribution in [1.29, 1.82) is 0 Å². The Labute approximate surface area is 182 Å². The average molecular weight is 418 g/mol. The summed E-state index contributed by atoms with van der Waals surface area (Å²) in [6.07, 6.45) is 1.26. The molecule has 0 saturated carbocycles. The van der Waals surface area contributed by atoms with Crippen LogP contribution >= 0.6 is 0 Å². The molecule has 3 aliphatic heterocycles. The van der Waals surface area contributed by atoms with Gasteiger partial charge < -0.3 is 5.32 Å². The van der Waals surface area contributed by atoms with E-state index >= 15 is 0 Å². The van der Waals surface area contributed by atoms with Crippen molar-refractivity contribution < 1.29 is 14.4 Å². The van der Waals surface area contributed by atoms with Crippen molar-refractivity contribution in [3.05, 3.63) is 65.2 Å². The van der Waals surface area contributed by atoms with Crippen LogP contribution in [0.25, 0.3) is 0 Å². The fourth-order valence-corrected chi connectivity index (χ4v) is 5.60. The van der Waals surface area contributed by atoms with E-state index in [0.717, 1.165) is 16.7 Å². The second kappa shape index (κ2) is 7.02. The van der Waals surface area contributed by atoms with Crippen molar-refractivity contribution >= 4 is 23.4 Å². The summed E-state index contributed by atoms with van der Waals surface area (Å²) >= 11 is 0. The first kappa shape index (κ1) is 19.9. The SMILES string of the molecule is CCC(C)N1C(=O)C2C(Cc3ccccc3)NC3(C(=O)Nc4ccc(C)cc43)C2C1=O. The molecular weight excluding hydrogens is 390 g/mol. The van der Waals surface area contributed by atoms with Crippen LogP contribution in [0.1, 0.15) is 37.0 Å². The summed E-state index contributed by atoms with van der Waals surface area (Å²) in [4.78, 5) is 42.1. The minimum atomic E-state index is -1.22. The van der Waals surface area contributed by atoms with E-state index in [4.69, 9.17) is 0 Å². The number of nitrogens with one attached hydrogen (secondary N) is 2. The summed E-state index contributed by atoms with van der Waals surface area (Å²) in [5, 5.41) is 6.47. The van der Waals surface area contributed by atoms with E-state index < -0.39 is 17.4 Å². The first-order valence-electron chi connectivity index (χ1n) is 11.0. The zero-order chi connectivity index (χ0) is 21.9. The van der Waals surface area contributed by atoms with Crippen LogP contribution in [0.5, 0.6) is 0 Å². The van der Waals surface area contributed by atoms with Crippen LogP contribution in [-0.2, 0) is 26.3 Å². The Kier molecular flexibility index (Phi) is 4.52. The number of hydrogen-bond donors (Lipinski definition) is 2. The predicted octanol–water partition coefficient (Wildman–Crippen LogP) is 2.76. The predicted molar refractivity (Wildman–Crippen MR) is 117 cm³/mol. The summed E-state index contributed by atoms with van der Waals surface area (Å²) in [5.74, 6) is -1.96. The number of rotatable bonds is 4. The van der Waals surface area contributed by atoms with Gasteiger partial charge in [-0.3, -0.25) is 24.6 Å². The molecule has 3 heterocycles. The van der Waals surface area contributed by atoms with E-state index in [-0.39, 0.29) is 29.8 Å². The van der Waals surface area contributed by atoms with Gasteiger partial charge in [-0.2, -0.15) is 0 Å². The van der Waals surface area contributed by atoms with E-state index in [1.807, 2.05) is 69.3 Å². The number of nitrogens with zero attached hydrogens (tertiary/aromatic N) is 1. The monoisotopic (exact) mass is 417 g/mol. The molecule has 5 rings (SSSR count). The third-order valence-electron chi connectivity index (χ3n) is 7.23. The van der Waals surface area contributed by atoms with Crippen molar-refractivity contribution in [1.82, 2.24) is 10.2 Å². The fourth-order valence-electron chi connectivity index (χ4n) is 5.60. The third kappa shape index (κ3) is 2.71. The Bertz CT molecular complexity index is 1080. The molecule has 0 aromatic heterocycles. The van der Waals surface area contributed by atoms with E-state index in [1.165, 1.54) is 4.90 Å². The van der Waals surface area contributed by atoms with Crippen LogP contribution in [0.15, 0.2) is 48.5 Å². The van der Waals surface area contributed by atoms with Gasteiger partial charge in [0.1, 0.15) is 5.54 Å². The molecule has 1 spiro atoms. The molecule has 6 heteroatoms. The molecule has 2 N–H and O–H groups in total. The summed E-state index contributed by atoms with van der Waals surface area (Å²) in [6.45, 7) is 5.84. The molecule has 2 aromatic rings. The fraction of sp³-hybridized carbons (Fsp3) is 0.400. The van der Waals surface area contributed by atoms with Gasteiger partial charge in [0.15, 0.2) is 0 Å². The normalized spacial score (nSPS) is 30.0. The Morgan fingerprint density at radius 1 is 1.06 bits per heavy atom. The first-order valence-corrected chi connectivity index (χ1v) is 11.0. The first-order chi connectivity index (χ1) is 14.9. The van der Waals surface area contributed by atoms with Crippen LogP contribution in [0.2, 0.25) is 0 Å². The van der Waals surface area contributed by atoms with Gasteiger partial charge in [-0.25, -0.2) is 0 Å². The molecule has 2 aromatic carbocycles. The highest BCUT2D eigenvalue weighted by atomic mass is 16.2. The second-order valence-corrected chi connectivity index (χ2v) is 9.06. The molecular formula is C25H27N3O3. The smallest absolute Gasteiger partial charge is 0.250 e. The van der Waals surface area contributed by atoms with Gasteiger partial charge >= 0.3 is 0 Å². The topological polar surface area (TPSA) is 78.5 Å². The molecule has 3 amide bonds. The maximum absolute atomic E-state index is 13.7. The third-order valence-corrected chi connectivity index (χ3v) is 7.23. The van der Waals surface area contributed by atoms with Crippen LogP contribution in [0.4, 0.5) is 5.69 Å². The molecule has 2 saturated heterocycles. The number of imide groups is 1. The molecule has 0 bridgehead atoms. The molecule has 0 radical (unpaired) electrons. The molecule has 160 valence electrons. The second-order valence-electron chi connectivity index (χ2n) is 9.06. The van der Waals surface area contributed by atoms with Gasteiger partial charge in [-0.1, -0.05) is 55.0 Å². The number of aryl methyl sites for hydroxylation is 1. The molecule has 5 atom stereocenters. The zero-order valence-corrected chi connectivity index (χ0v) is 18.0. The van der Waals surface area contributed by atoms with Crippen LogP contribution < -0.4 is 10.6 Å². The molecule has 0 aliphatic carbocycles. The lowest BCUT2D eigenvalue weighted by Crippen LogP contribution is -2.54. The maximum Gasteiger partial charge on any atom is 0.250 e. The molecule has 3 aliphatic rings. The highest BCUT2D eigenvalue weighted by molar-refractivity contribution is 6.15. The van der Waals surface area contributed by atoms with Gasteiger partial charge in [0.05, 0.1) is 11.8 Å². The van der Waals surface area contributed by atoms with Gasteiger partial charge in [-0.15, -0.1) is 0 Å². The zero-order valence-electron chi connectivity index (χ0n) is 18.0. The maximum atomic E-state index is 13.7. The number of hydrogen-bond acceptors (Lipinski definition) is 4. The van der Waals surface area contributed by atoms with E-state index in [0.29, 0.717) is 18.5 Å². The van der Waals surface area contributed by atoms with Crippen LogP contribution in [-0.4, -0.2) is 34.7 Å². The van der Waals surface area contributed by atoms with Crippen molar-refractivity contribution in [2.24, 2.45) is 11.8 Å². The number of fused-ring (bicyclic) bond motifs is 4. The Morgan fingerprint density at radius 3 is 2.52 bits per heavy atom. The summed E-state index contributed by atoms with van der Waals surface area (Å²) in [5.41, 5.74) is 2.34. The van der Waals surface area contributed by atoms with Crippen molar-refractivity contribution in [3.63, 3.8) is 0 Å². The molecule has 2 fully saturated rings. The van der Waals surface area contributed by atoms with Gasteiger partial charge in [0, 0.05) is 23.3 Å². The van der Waals surface area contributed by atoms with E-state index in [1.54, 1.807) is 0 Å². The summed E-state index contributed by atoms with van der Waals surface area (Å²) < 4.78 is 0. The number of carbonyl (C=O) groups excluding carboxylic acids is 3. The highest BCUT2D eigenvalue weighted by Crippen LogP contribution is 2.53. The quantitative estimate of drug-likeness (QED) is 0.750. The van der Waals surface area contributed by atoms with Crippen molar-refractivity contribution in [3.8, 4) is 0 Å². The van der Waals surface area contributed by atoms with Crippen molar-refractivity contribution in [2.45, 2.75) is 51.2 Å². The van der Waals surface area contributed by atoms with Crippen LogP contribution in [0.3, 0.4) is 0 Å². The van der Waals surface area contributed by atoms with E-state index in [2.05, 4.69) is 10.6 Å². The molecule has 6 nitrogen and oxygen atoms in total. The minimum Gasteiger partial charge on any atom is -0.324 e. The Morgan fingerprint density at radius 2 is 1.81 bits per heavy atom. The molecule has 5 unspecified atom stereocenters. The lowest BCUT2D eigenvalue weighted by atomic mass is 9.76. The standard InChI is InChI=1S/C25H27N3O3/c1-4-15(3)28-22(29)20-19(13-16-8-6-5-7-9-16)27-25(21(20)23(28)30)17-12-14(2)10-11-18(17)26-24(25)31/h5-12,15,19-21,27H,4,13H2,1-3H3,(H,26,31). The minimum absolute atomic E-state index is 0.163. The van der Waals surface area contributed by atoms with E-state index in [9.17, 15) is 14.4 Å². The lowest BCUT2D eigenvalue weighted by Gasteiger charge is -2.31. The number of benzene rings is 2.